The van der Waals surface area contributed by atoms with Crippen LogP contribution in [0.3, 0.4) is 0 Å². The highest BCUT2D eigenvalue weighted by Crippen LogP contribution is 2.31. The normalized spacial score (nSPS) is 10.3. The van der Waals surface area contributed by atoms with Gasteiger partial charge in [-0.2, -0.15) is 0 Å². The van der Waals surface area contributed by atoms with Gasteiger partial charge in [0.15, 0.2) is 0 Å². The number of carbonyl (C=O) groups is 1. The summed E-state index contributed by atoms with van der Waals surface area (Å²) in [7, 11) is 0. The minimum Gasteiger partial charge on any atom is -0.478 e. The van der Waals surface area contributed by atoms with E-state index in [4.69, 9.17) is 22.4 Å². The first-order chi connectivity index (χ1) is 8.56. The van der Waals surface area contributed by atoms with E-state index in [2.05, 4.69) is 0 Å². The van der Waals surface area contributed by atoms with Crippen LogP contribution >= 0.6 is 23.4 Å². The largest absolute Gasteiger partial charge is 0.478 e. The first kappa shape index (κ1) is 12.8. The molecule has 0 aliphatic rings. The Balaban J connectivity index is 2.25. The smallest absolute Gasteiger partial charge is 0.337 e. The molecule has 3 nitrogen and oxygen atoms in total. The molecule has 0 saturated heterocycles. The molecule has 0 aromatic heterocycles. The monoisotopic (exact) mass is 279 g/mol. The van der Waals surface area contributed by atoms with Crippen LogP contribution in [0.1, 0.15) is 10.4 Å². The molecule has 2 rings (SSSR count). The van der Waals surface area contributed by atoms with Gasteiger partial charge in [-0.1, -0.05) is 29.4 Å². The van der Waals surface area contributed by atoms with Crippen molar-refractivity contribution in [1.29, 1.82) is 0 Å². The van der Waals surface area contributed by atoms with Crippen molar-refractivity contribution in [3.63, 3.8) is 0 Å². The van der Waals surface area contributed by atoms with Gasteiger partial charge in [-0.3, -0.25) is 0 Å². The maximum atomic E-state index is 10.8. The fourth-order valence-electron chi connectivity index (χ4n) is 1.47. The number of nitrogen functional groups attached to an aromatic ring is 1. The number of hydrogen-bond acceptors (Lipinski definition) is 3. The Bertz CT molecular complexity index is 601. The molecule has 0 spiro atoms. The van der Waals surface area contributed by atoms with Crippen LogP contribution in [0.5, 0.6) is 0 Å². The fraction of sp³-hybridized carbons (Fsp3) is 0. The van der Waals surface area contributed by atoms with E-state index in [0.29, 0.717) is 5.02 Å². The Kier molecular flexibility index (Phi) is 3.79. The lowest BCUT2D eigenvalue weighted by Crippen LogP contribution is -2.01. The molecule has 2 aromatic rings. The minimum absolute atomic E-state index is 0.116. The molecule has 0 aliphatic carbocycles. The Hall–Kier alpha value is -1.65. The van der Waals surface area contributed by atoms with Crippen LogP contribution in [0.25, 0.3) is 0 Å². The van der Waals surface area contributed by atoms with Gasteiger partial charge in [-0.05, 0) is 36.4 Å². The second-order valence-electron chi connectivity index (χ2n) is 3.61. The third-order valence-electron chi connectivity index (χ3n) is 2.29. The van der Waals surface area contributed by atoms with E-state index in [-0.39, 0.29) is 11.3 Å². The summed E-state index contributed by atoms with van der Waals surface area (Å²) >= 11 is 7.37. The van der Waals surface area contributed by atoms with Crippen molar-refractivity contribution < 1.29 is 9.90 Å². The molecule has 2 aromatic carbocycles. The third-order valence-corrected chi connectivity index (χ3v) is 3.50. The van der Waals surface area contributed by atoms with E-state index in [1.807, 2.05) is 18.2 Å². The highest BCUT2D eigenvalue weighted by Gasteiger charge is 2.08. The van der Waals surface area contributed by atoms with Crippen molar-refractivity contribution in [2.45, 2.75) is 9.79 Å². The summed E-state index contributed by atoms with van der Waals surface area (Å²) in [4.78, 5) is 12.7. The maximum Gasteiger partial charge on any atom is 0.337 e. The van der Waals surface area contributed by atoms with Gasteiger partial charge in [0.1, 0.15) is 0 Å². The van der Waals surface area contributed by atoms with E-state index < -0.39 is 5.97 Å². The van der Waals surface area contributed by atoms with Gasteiger partial charge >= 0.3 is 5.97 Å². The number of anilines is 1. The second-order valence-corrected chi connectivity index (χ2v) is 5.20. The summed E-state index contributed by atoms with van der Waals surface area (Å²) in [6.07, 6.45) is 0. The zero-order valence-electron chi connectivity index (χ0n) is 9.26. The molecular formula is C13H10ClNO2S. The molecular weight excluding hydrogens is 270 g/mol. The number of halogens is 1. The highest BCUT2D eigenvalue weighted by molar-refractivity contribution is 7.99. The summed E-state index contributed by atoms with van der Waals surface area (Å²) in [6, 6.07) is 12.3. The van der Waals surface area contributed by atoms with Crippen LogP contribution in [-0.2, 0) is 0 Å². The van der Waals surface area contributed by atoms with Gasteiger partial charge in [0.25, 0.3) is 0 Å². The highest BCUT2D eigenvalue weighted by atomic mass is 35.5. The first-order valence-corrected chi connectivity index (χ1v) is 6.32. The summed E-state index contributed by atoms with van der Waals surface area (Å²) in [5.41, 5.74) is 6.06. The number of rotatable bonds is 3. The standard InChI is InChI=1S/C13H10ClNO2S/c14-8-2-1-3-9(6-8)18-10-4-5-11(13(16)17)12(15)7-10/h1-7H,15H2,(H,16,17). The zero-order valence-corrected chi connectivity index (χ0v) is 10.8. The third kappa shape index (κ3) is 2.97. The van der Waals surface area contributed by atoms with Crippen molar-refractivity contribution in [1.82, 2.24) is 0 Å². The summed E-state index contributed by atoms with van der Waals surface area (Å²) in [6.45, 7) is 0. The zero-order chi connectivity index (χ0) is 13.1. The van der Waals surface area contributed by atoms with E-state index in [0.717, 1.165) is 9.79 Å². The lowest BCUT2D eigenvalue weighted by atomic mass is 10.2. The number of benzene rings is 2. The van der Waals surface area contributed by atoms with E-state index in [1.165, 1.54) is 17.8 Å². The molecule has 18 heavy (non-hydrogen) atoms. The average Bonchev–Trinajstić information content (AvgIpc) is 2.28. The number of nitrogens with two attached hydrogens (primary N) is 1. The Morgan fingerprint density at radius 3 is 2.50 bits per heavy atom. The molecule has 0 heterocycles. The van der Waals surface area contributed by atoms with Gasteiger partial charge in [-0.15, -0.1) is 0 Å². The van der Waals surface area contributed by atoms with Crippen LogP contribution in [0.15, 0.2) is 52.3 Å². The van der Waals surface area contributed by atoms with Crippen molar-refractivity contribution in [2.24, 2.45) is 0 Å². The van der Waals surface area contributed by atoms with E-state index in [9.17, 15) is 4.79 Å². The Labute approximate surface area is 114 Å². The van der Waals surface area contributed by atoms with Gasteiger partial charge in [0.2, 0.25) is 0 Å². The van der Waals surface area contributed by atoms with Crippen molar-refractivity contribution in [3.8, 4) is 0 Å². The summed E-state index contributed by atoms with van der Waals surface area (Å²) in [5.74, 6) is -1.02. The quantitative estimate of drug-likeness (QED) is 0.840. The molecule has 0 aliphatic heterocycles. The summed E-state index contributed by atoms with van der Waals surface area (Å²) < 4.78 is 0. The molecule has 5 heteroatoms. The molecule has 0 bridgehead atoms. The van der Waals surface area contributed by atoms with Crippen LogP contribution in [0, 0.1) is 0 Å². The molecule has 92 valence electrons. The molecule has 0 radical (unpaired) electrons. The molecule has 0 saturated carbocycles. The van der Waals surface area contributed by atoms with E-state index in [1.54, 1.807) is 18.2 Å². The predicted octanol–water partition coefficient (Wildman–Crippen LogP) is 3.77. The topological polar surface area (TPSA) is 63.3 Å². The van der Waals surface area contributed by atoms with Gasteiger partial charge in [0, 0.05) is 20.5 Å². The SMILES string of the molecule is Nc1cc(Sc2cccc(Cl)c2)ccc1C(=O)O. The van der Waals surface area contributed by atoms with Gasteiger partial charge in [-0.25, -0.2) is 4.79 Å². The molecule has 0 unspecified atom stereocenters. The second kappa shape index (κ2) is 5.33. The lowest BCUT2D eigenvalue weighted by molar-refractivity contribution is 0.0698. The lowest BCUT2D eigenvalue weighted by Gasteiger charge is -2.05. The molecule has 3 N–H and O–H groups in total. The number of hydrogen-bond donors (Lipinski definition) is 2. The summed E-state index contributed by atoms with van der Waals surface area (Å²) in [5, 5.41) is 9.54. The van der Waals surface area contributed by atoms with Crippen LogP contribution in [0.4, 0.5) is 5.69 Å². The first-order valence-electron chi connectivity index (χ1n) is 5.12. The van der Waals surface area contributed by atoms with Crippen LogP contribution in [-0.4, -0.2) is 11.1 Å². The maximum absolute atomic E-state index is 10.8. The Morgan fingerprint density at radius 1 is 1.17 bits per heavy atom. The van der Waals surface area contributed by atoms with Gasteiger partial charge in [0.05, 0.1) is 5.56 Å². The minimum atomic E-state index is -1.02. The number of carboxylic acids is 1. The molecule has 0 fully saturated rings. The van der Waals surface area contributed by atoms with Gasteiger partial charge < -0.3 is 10.8 Å². The number of carboxylic acid groups (broad SMARTS) is 1. The van der Waals surface area contributed by atoms with Crippen molar-refractivity contribution >= 4 is 35.0 Å². The fourth-order valence-corrected chi connectivity index (χ4v) is 2.65. The predicted molar refractivity (Wildman–Crippen MR) is 73.4 cm³/mol. The molecule has 0 atom stereocenters. The van der Waals surface area contributed by atoms with E-state index >= 15 is 0 Å². The van der Waals surface area contributed by atoms with Crippen molar-refractivity contribution in [3.05, 3.63) is 53.1 Å². The average molecular weight is 280 g/mol. The number of aromatic carboxylic acids is 1. The van der Waals surface area contributed by atoms with Crippen LogP contribution in [0.2, 0.25) is 5.02 Å². The molecule has 0 amide bonds. The van der Waals surface area contributed by atoms with Crippen molar-refractivity contribution in [2.75, 3.05) is 5.73 Å². The van der Waals surface area contributed by atoms with Crippen LogP contribution < -0.4 is 5.73 Å². The Morgan fingerprint density at radius 2 is 1.89 bits per heavy atom.